The molecule has 2 heteroatoms. The van der Waals surface area contributed by atoms with Gasteiger partial charge in [-0.2, -0.15) is 0 Å². The molecule has 0 aliphatic heterocycles. The number of thiophene rings is 1. The molecule has 0 spiro atoms. The molecule has 1 aliphatic rings. The Labute approximate surface area is 132 Å². The minimum atomic E-state index is 0.446. The van der Waals surface area contributed by atoms with Crippen LogP contribution in [0.5, 0.6) is 0 Å². The number of nitrogens with one attached hydrogen (secondary N) is 1. The monoisotopic (exact) mass is 299 g/mol. The lowest BCUT2D eigenvalue weighted by Crippen LogP contribution is -2.17. The van der Waals surface area contributed by atoms with Gasteiger partial charge in [0.1, 0.15) is 0 Å². The molecule has 1 nitrogen and oxygen atoms in total. The number of rotatable bonds is 4. The standard InChI is InChI=1S/C19H25NS/c1-13-8-14(2)10-15(9-13)11-17(20-3)19-12-16-6-4-5-7-18(16)21-19/h8-10,12,17,20H,4-7,11H2,1-3H3. The molecule has 21 heavy (non-hydrogen) atoms. The van der Waals surface area contributed by atoms with E-state index in [9.17, 15) is 0 Å². The number of hydrogen-bond donors (Lipinski definition) is 1. The van der Waals surface area contributed by atoms with Crippen LogP contribution in [0.25, 0.3) is 0 Å². The van der Waals surface area contributed by atoms with Gasteiger partial charge in [0, 0.05) is 15.8 Å². The van der Waals surface area contributed by atoms with Crippen molar-refractivity contribution in [3.8, 4) is 0 Å². The number of fused-ring (bicyclic) bond motifs is 1. The summed E-state index contributed by atoms with van der Waals surface area (Å²) in [4.78, 5) is 3.15. The normalized spacial score (nSPS) is 15.8. The van der Waals surface area contributed by atoms with E-state index in [1.807, 2.05) is 11.3 Å². The van der Waals surface area contributed by atoms with Gasteiger partial charge in [0.2, 0.25) is 0 Å². The molecule has 0 saturated carbocycles. The molecule has 1 N–H and O–H groups in total. The Bertz CT molecular complexity index is 583. The number of likely N-dealkylation sites (N-methyl/N-ethyl adjacent to an activating group) is 1. The van der Waals surface area contributed by atoms with Crippen molar-refractivity contribution in [2.24, 2.45) is 0 Å². The van der Waals surface area contributed by atoms with E-state index < -0.39 is 0 Å². The van der Waals surface area contributed by atoms with E-state index in [0.717, 1.165) is 6.42 Å². The van der Waals surface area contributed by atoms with Crippen LogP contribution in [0, 0.1) is 13.8 Å². The summed E-state index contributed by atoms with van der Waals surface area (Å²) in [7, 11) is 2.09. The van der Waals surface area contributed by atoms with Gasteiger partial charge < -0.3 is 5.32 Å². The molecule has 1 unspecified atom stereocenters. The molecule has 0 amide bonds. The highest BCUT2D eigenvalue weighted by Gasteiger charge is 2.18. The first-order chi connectivity index (χ1) is 10.2. The molecule has 1 aromatic heterocycles. The van der Waals surface area contributed by atoms with Gasteiger partial charge in [-0.1, -0.05) is 29.3 Å². The van der Waals surface area contributed by atoms with Crippen molar-refractivity contribution in [3.05, 3.63) is 56.3 Å². The van der Waals surface area contributed by atoms with Crippen LogP contribution in [0.3, 0.4) is 0 Å². The van der Waals surface area contributed by atoms with Gasteiger partial charge in [0.25, 0.3) is 0 Å². The first-order valence-electron chi connectivity index (χ1n) is 8.01. The van der Waals surface area contributed by atoms with Crippen LogP contribution in [0.2, 0.25) is 0 Å². The van der Waals surface area contributed by atoms with E-state index in [0.29, 0.717) is 6.04 Å². The molecule has 3 rings (SSSR count). The molecule has 0 radical (unpaired) electrons. The second kappa shape index (κ2) is 6.33. The first kappa shape index (κ1) is 14.8. The molecule has 112 valence electrons. The quantitative estimate of drug-likeness (QED) is 0.859. The lowest BCUT2D eigenvalue weighted by atomic mass is 9.97. The summed E-state index contributed by atoms with van der Waals surface area (Å²) in [6.45, 7) is 4.38. The minimum absolute atomic E-state index is 0.446. The second-order valence-electron chi connectivity index (χ2n) is 6.35. The van der Waals surface area contributed by atoms with Crippen molar-refractivity contribution in [3.63, 3.8) is 0 Å². The summed E-state index contributed by atoms with van der Waals surface area (Å²) in [6.07, 6.45) is 6.39. The van der Waals surface area contributed by atoms with Gasteiger partial charge in [-0.3, -0.25) is 0 Å². The lowest BCUT2D eigenvalue weighted by molar-refractivity contribution is 0.601. The Balaban J connectivity index is 1.82. The van der Waals surface area contributed by atoms with Crippen molar-refractivity contribution < 1.29 is 0 Å². The predicted molar refractivity (Wildman–Crippen MR) is 92.4 cm³/mol. The summed E-state index contributed by atoms with van der Waals surface area (Å²) < 4.78 is 0. The van der Waals surface area contributed by atoms with E-state index >= 15 is 0 Å². The Hall–Kier alpha value is -1.12. The average molecular weight is 299 g/mol. The van der Waals surface area contributed by atoms with Gasteiger partial charge in [-0.25, -0.2) is 0 Å². The van der Waals surface area contributed by atoms with Crippen LogP contribution in [0.15, 0.2) is 24.3 Å². The number of hydrogen-bond acceptors (Lipinski definition) is 2. The van der Waals surface area contributed by atoms with Crippen molar-refractivity contribution in [2.75, 3.05) is 7.05 Å². The van der Waals surface area contributed by atoms with Crippen molar-refractivity contribution >= 4 is 11.3 Å². The maximum atomic E-state index is 3.53. The molecule has 0 bridgehead atoms. The third kappa shape index (κ3) is 3.38. The highest BCUT2D eigenvalue weighted by Crippen LogP contribution is 2.34. The van der Waals surface area contributed by atoms with Crippen LogP contribution in [-0.2, 0) is 19.3 Å². The molecule has 1 atom stereocenters. The maximum Gasteiger partial charge on any atom is 0.0453 e. The predicted octanol–water partition coefficient (Wildman–Crippen LogP) is 4.75. The van der Waals surface area contributed by atoms with Gasteiger partial charge in [0.15, 0.2) is 0 Å². The fraction of sp³-hybridized carbons (Fsp3) is 0.474. The molecule has 1 aliphatic carbocycles. The van der Waals surface area contributed by atoms with Gasteiger partial charge in [-0.05, 0) is 70.2 Å². The average Bonchev–Trinajstić information content (AvgIpc) is 2.87. The van der Waals surface area contributed by atoms with Crippen molar-refractivity contribution in [1.29, 1.82) is 0 Å². The Morgan fingerprint density at radius 1 is 1.05 bits per heavy atom. The lowest BCUT2D eigenvalue weighted by Gasteiger charge is -2.15. The highest BCUT2D eigenvalue weighted by molar-refractivity contribution is 7.12. The largest absolute Gasteiger partial charge is 0.312 e. The first-order valence-corrected chi connectivity index (χ1v) is 8.83. The zero-order chi connectivity index (χ0) is 14.8. The topological polar surface area (TPSA) is 12.0 Å². The van der Waals surface area contributed by atoms with E-state index in [-0.39, 0.29) is 0 Å². The number of aryl methyl sites for hydroxylation is 4. The molecule has 1 aromatic carbocycles. The fourth-order valence-corrected chi connectivity index (χ4v) is 4.82. The summed E-state index contributed by atoms with van der Waals surface area (Å²) in [5.41, 5.74) is 5.79. The second-order valence-corrected chi connectivity index (χ2v) is 7.51. The SMILES string of the molecule is CNC(Cc1cc(C)cc(C)c1)c1cc2c(s1)CCCC2. The van der Waals surface area contributed by atoms with Gasteiger partial charge in [0.05, 0.1) is 0 Å². The van der Waals surface area contributed by atoms with Crippen molar-refractivity contribution in [2.45, 2.75) is 52.0 Å². The molecule has 1 heterocycles. The Morgan fingerprint density at radius 3 is 2.43 bits per heavy atom. The fourth-order valence-electron chi connectivity index (χ4n) is 3.45. The van der Waals surface area contributed by atoms with Crippen LogP contribution >= 0.6 is 11.3 Å². The minimum Gasteiger partial charge on any atom is -0.312 e. The van der Waals surface area contributed by atoms with E-state index in [1.165, 1.54) is 47.3 Å². The highest BCUT2D eigenvalue weighted by atomic mass is 32.1. The Morgan fingerprint density at radius 2 is 1.76 bits per heavy atom. The zero-order valence-electron chi connectivity index (χ0n) is 13.3. The van der Waals surface area contributed by atoms with Gasteiger partial charge >= 0.3 is 0 Å². The molecule has 0 fully saturated rings. The zero-order valence-corrected chi connectivity index (χ0v) is 14.1. The summed E-state index contributed by atoms with van der Waals surface area (Å²) in [6, 6.07) is 9.81. The van der Waals surface area contributed by atoms with Crippen LogP contribution in [0.1, 0.15) is 50.9 Å². The molecular formula is C19H25NS. The third-order valence-corrected chi connectivity index (χ3v) is 5.78. The maximum absolute atomic E-state index is 3.53. The van der Waals surface area contributed by atoms with E-state index in [2.05, 4.69) is 50.5 Å². The van der Waals surface area contributed by atoms with Crippen LogP contribution in [0.4, 0.5) is 0 Å². The third-order valence-electron chi connectivity index (χ3n) is 4.43. The van der Waals surface area contributed by atoms with Crippen LogP contribution in [-0.4, -0.2) is 7.05 Å². The summed E-state index contributed by atoms with van der Waals surface area (Å²) >= 11 is 2.03. The van der Waals surface area contributed by atoms with Gasteiger partial charge in [-0.15, -0.1) is 11.3 Å². The molecule has 2 aromatic rings. The van der Waals surface area contributed by atoms with Crippen LogP contribution < -0.4 is 5.32 Å². The van der Waals surface area contributed by atoms with Crippen molar-refractivity contribution in [1.82, 2.24) is 5.32 Å². The molecular weight excluding hydrogens is 274 g/mol. The summed E-state index contributed by atoms with van der Waals surface area (Å²) in [5, 5.41) is 3.53. The molecule has 0 saturated heterocycles. The Kier molecular flexibility index (Phi) is 4.46. The van der Waals surface area contributed by atoms with E-state index in [1.54, 1.807) is 10.4 Å². The van der Waals surface area contributed by atoms with E-state index in [4.69, 9.17) is 0 Å². The smallest absolute Gasteiger partial charge is 0.0453 e. The number of benzene rings is 1. The summed E-state index contributed by atoms with van der Waals surface area (Å²) in [5.74, 6) is 0.